The molecule has 1 amide bonds. The molecule has 1 atom stereocenters. The van der Waals surface area contributed by atoms with Crippen molar-refractivity contribution >= 4 is 22.6 Å². The molecule has 30 heavy (non-hydrogen) atoms. The standard InChI is InChI=1S/C21H23F3N4O2/c1-3-5-6-13(4-2)20(30)25-15-8-10-18(19(29)12-15)28-26-16-9-7-14(21(22,23)24)11-17(16)27-28/h7-13,29H,3-6H2,1-2H3,(H,25,30). The van der Waals surface area contributed by atoms with E-state index in [1.54, 1.807) is 6.07 Å². The van der Waals surface area contributed by atoms with E-state index in [9.17, 15) is 23.1 Å². The van der Waals surface area contributed by atoms with Crippen molar-refractivity contribution in [3.05, 3.63) is 42.0 Å². The van der Waals surface area contributed by atoms with Crippen LogP contribution < -0.4 is 5.32 Å². The average Bonchev–Trinajstić information content (AvgIpc) is 3.11. The van der Waals surface area contributed by atoms with Gasteiger partial charge in [-0.1, -0.05) is 26.7 Å². The van der Waals surface area contributed by atoms with Crippen LogP contribution in [0.1, 0.15) is 45.1 Å². The van der Waals surface area contributed by atoms with E-state index >= 15 is 0 Å². The second-order valence-electron chi connectivity index (χ2n) is 7.13. The minimum absolute atomic E-state index is 0.0586. The Labute approximate surface area is 171 Å². The zero-order valence-electron chi connectivity index (χ0n) is 16.7. The van der Waals surface area contributed by atoms with Gasteiger partial charge in [0.05, 0.1) is 5.56 Å². The monoisotopic (exact) mass is 420 g/mol. The molecule has 0 saturated carbocycles. The van der Waals surface area contributed by atoms with Crippen molar-refractivity contribution in [2.45, 2.75) is 45.7 Å². The normalized spacial score (nSPS) is 12.8. The summed E-state index contributed by atoms with van der Waals surface area (Å²) in [6, 6.07) is 7.54. The summed E-state index contributed by atoms with van der Waals surface area (Å²) < 4.78 is 38.6. The predicted octanol–water partition coefficient (Wildman–Crippen LogP) is 5.30. The van der Waals surface area contributed by atoms with E-state index in [1.165, 1.54) is 18.2 Å². The van der Waals surface area contributed by atoms with Crippen molar-refractivity contribution in [3.8, 4) is 11.4 Å². The number of rotatable bonds is 7. The van der Waals surface area contributed by atoms with Crippen LogP contribution >= 0.6 is 0 Å². The third kappa shape index (κ3) is 4.72. The summed E-state index contributed by atoms with van der Waals surface area (Å²) >= 11 is 0. The molecule has 0 saturated heterocycles. The number of alkyl halides is 3. The van der Waals surface area contributed by atoms with Crippen LogP contribution in [0.3, 0.4) is 0 Å². The number of nitrogens with zero attached hydrogens (tertiary/aromatic N) is 3. The number of amides is 1. The number of phenols is 1. The van der Waals surface area contributed by atoms with Gasteiger partial charge in [-0.2, -0.15) is 13.2 Å². The van der Waals surface area contributed by atoms with Gasteiger partial charge in [-0.05, 0) is 43.2 Å². The van der Waals surface area contributed by atoms with Crippen molar-refractivity contribution in [2.24, 2.45) is 5.92 Å². The molecule has 0 aliphatic rings. The summed E-state index contributed by atoms with van der Waals surface area (Å²) in [4.78, 5) is 13.5. The van der Waals surface area contributed by atoms with Gasteiger partial charge in [0.15, 0.2) is 0 Å². The van der Waals surface area contributed by atoms with Gasteiger partial charge in [0.2, 0.25) is 5.91 Å². The molecule has 3 rings (SSSR count). The Bertz CT molecular complexity index is 1050. The fourth-order valence-corrected chi connectivity index (χ4v) is 3.18. The number of anilines is 1. The zero-order valence-corrected chi connectivity index (χ0v) is 16.7. The minimum Gasteiger partial charge on any atom is -0.506 e. The van der Waals surface area contributed by atoms with Crippen LogP contribution in [0.15, 0.2) is 36.4 Å². The highest BCUT2D eigenvalue weighted by Gasteiger charge is 2.31. The summed E-state index contributed by atoms with van der Waals surface area (Å²) in [5.74, 6) is -0.417. The summed E-state index contributed by atoms with van der Waals surface area (Å²) in [7, 11) is 0. The van der Waals surface area contributed by atoms with Crippen LogP contribution in [-0.4, -0.2) is 26.0 Å². The van der Waals surface area contributed by atoms with Crippen LogP contribution in [0.25, 0.3) is 16.7 Å². The number of carbonyl (C=O) groups excluding carboxylic acids is 1. The Morgan fingerprint density at radius 1 is 1.13 bits per heavy atom. The Morgan fingerprint density at radius 2 is 1.87 bits per heavy atom. The number of benzene rings is 2. The molecule has 2 aromatic carbocycles. The van der Waals surface area contributed by atoms with Crippen molar-refractivity contribution in [2.75, 3.05) is 5.32 Å². The molecular formula is C21H23F3N4O2. The number of phenolic OH excluding ortho intramolecular Hbond substituents is 1. The number of halogens is 3. The molecule has 1 heterocycles. The Morgan fingerprint density at radius 3 is 2.50 bits per heavy atom. The van der Waals surface area contributed by atoms with Crippen molar-refractivity contribution in [3.63, 3.8) is 0 Å². The van der Waals surface area contributed by atoms with Crippen LogP contribution in [0.5, 0.6) is 5.75 Å². The van der Waals surface area contributed by atoms with E-state index < -0.39 is 11.7 Å². The lowest BCUT2D eigenvalue weighted by atomic mass is 9.98. The van der Waals surface area contributed by atoms with E-state index in [0.29, 0.717) is 5.69 Å². The zero-order chi connectivity index (χ0) is 21.9. The Kier molecular flexibility index (Phi) is 6.28. The summed E-state index contributed by atoms with van der Waals surface area (Å²) in [5.41, 5.74) is 0.116. The van der Waals surface area contributed by atoms with E-state index in [2.05, 4.69) is 22.4 Å². The predicted molar refractivity (Wildman–Crippen MR) is 107 cm³/mol. The van der Waals surface area contributed by atoms with Crippen LogP contribution in [0.4, 0.5) is 18.9 Å². The van der Waals surface area contributed by atoms with Gasteiger partial charge in [-0.25, -0.2) is 0 Å². The lowest BCUT2D eigenvalue weighted by Crippen LogP contribution is -2.22. The third-order valence-corrected chi connectivity index (χ3v) is 4.94. The van der Waals surface area contributed by atoms with Gasteiger partial charge in [0.25, 0.3) is 0 Å². The maximum atomic E-state index is 12.9. The second kappa shape index (κ2) is 8.73. The second-order valence-corrected chi connectivity index (χ2v) is 7.13. The summed E-state index contributed by atoms with van der Waals surface area (Å²) in [5, 5.41) is 21.3. The number of aromatic hydroxyl groups is 1. The molecule has 0 bridgehead atoms. The van der Waals surface area contributed by atoms with Crippen LogP contribution in [0.2, 0.25) is 0 Å². The molecule has 1 unspecified atom stereocenters. The Balaban J connectivity index is 1.82. The fourth-order valence-electron chi connectivity index (χ4n) is 3.18. The number of hydrogen-bond acceptors (Lipinski definition) is 4. The number of hydrogen-bond donors (Lipinski definition) is 2. The average molecular weight is 420 g/mol. The number of aromatic nitrogens is 3. The molecule has 1 aromatic heterocycles. The highest BCUT2D eigenvalue weighted by Crippen LogP contribution is 2.31. The highest BCUT2D eigenvalue weighted by molar-refractivity contribution is 5.92. The molecule has 0 fully saturated rings. The van der Waals surface area contributed by atoms with Crippen molar-refractivity contribution in [1.29, 1.82) is 0 Å². The smallest absolute Gasteiger partial charge is 0.416 e. The first-order valence-electron chi connectivity index (χ1n) is 9.81. The largest absolute Gasteiger partial charge is 0.506 e. The first-order valence-corrected chi connectivity index (χ1v) is 9.81. The molecule has 9 heteroatoms. The maximum Gasteiger partial charge on any atom is 0.416 e. The topological polar surface area (TPSA) is 80.0 Å². The number of carbonyl (C=O) groups is 1. The van der Waals surface area contributed by atoms with Gasteiger partial charge < -0.3 is 10.4 Å². The van der Waals surface area contributed by atoms with Crippen LogP contribution in [-0.2, 0) is 11.0 Å². The molecule has 0 radical (unpaired) electrons. The lowest BCUT2D eigenvalue weighted by molar-refractivity contribution is -0.137. The summed E-state index contributed by atoms with van der Waals surface area (Å²) in [6.45, 7) is 4.02. The van der Waals surface area contributed by atoms with Gasteiger partial charge in [-0.3, -0.25) is 4.79 Å². The van der Waals surface area contributed by atoms with E-state index in [1.807, 2.05) is 6.92 Å². The molecule has 6 nitrogen and oxygen atoms in total. The molecule has 160 valence electrons. The first kappa shape index (κ1) is 21.6. The van der Waals surface area contributed by atoms with E-state index in [4.69, 9.17) is 0 Å². The van der Waals surface area contributed by atoms with E-state index in [-0.39, 0.29) is 34.3 Å². The molecule has 2 N–H and O–H groups in total. The summed E-state index contributed by atoms with van der Waals surface area (Å²) in [6.07, 6.45) is -0.987. The Hall–Kier alpha value is -3.10. The highest BCUT2D eigenvalue weighted by atomic mass is 19.4. The molecule has 3 aromatic rings. The SMILES string of the molecule is CCCCC(CC)C(=O)Nc1ccc(-n2nc3ccc(C(F)(F)F)cc3n2)c(O)c1. The van der Waals surface area contributed by atoms with Gasteiger partial charge in [0.1, 0.15) is 22.5 Å². The number of nitrogens with one attached hydrogen (secondary N) is 1. The maximum absolute atomic E-state index is 12.9. The first-order chi connectivity index (χ1) is 14.2. The van der Waals surface area contributed by atoms with Gasteiger partial charge in [0, 0.05) is 17.7 Å². The van der Waals surface area contributed by atoms with E-state index in [0.717, 1.165) is 42.6 Å². The van der Waals surface area contributed by atoms with Crippen LogP contribution in [0, 0.1) is 5.92 Å². The molecule has 0 spiro atoms. The quantitative estimate of drug-likeness (QED) is 0.544. The van der Waals surface area contributed by atoms with Crippen molar-refractivity contribution in [1.82, 2.24) is 15.0 Å². The lowest BCUT2D eigenvalue weighted by Gasteiger charge is -2.15. The van der Waals surface area contributed by atoms with Gasteiger partial charge >= 0.3 is 6.18 Å². The minimum atomic E-state index is -4.48. The fraction of sp³-hybridized carbons (Fsp3) is 0.381. The van der Waals surface area contributed by atoms with Crippen molar-refractivity contribution < 1.29 is 23.1 Å². The van der Waals surface area contributed by atoms with Gasteiger partial charge in [-0.15, -0.1) is 15.0 Å². The third-order valence-electron chi connectivity index (χ3n) is 4.94. The molecule has 0 aliphatic heterocycles. The molecule has 0 aliphatic carbocycles. The number of unbranched alkanes of at least 4 members (excludes halogenated alkanes) is 1. The molecular weight excluding hydrogens is 397 g/mol. The number of fused-ring (bicyclic) bond motifs is 1.